The Balaban J connectivity index is 2.32. The van der Waals surface area contributed by atoms with Crippen molar-refractivity contribution in [3.8, 4) is 0 Å². The summed E-state index contributed by atoms with van der Waals surface area (Å²) < 4.78 is 0. The number of amides is 1. The lowest BCUT2D eigenvalue weighted by Crippen LogP contribution is -2.42. The minimum atomic E-state index is -0.953. The number of carboxylic acid groups (broad SMARTS) is 1. The van der Waals surface area contributed by atoms with E-state index in [9.17, 15) is 9.59 Å². The molecule has 1 amide bonds. The summed E-state index contributed by atoms with van der Waals surface area (Å²) >= 11 is 0. The maximum absolute atomic E-state index is 11.5. The van der Waals surface area contributed by atoms with Gasteiger partial charge in [0.2, 0.25) is 5.91 Å². The summed E-state index contributed by atoms with van der Waals surface area (Å²) in [6.45, 7) is 0. The zero-order valence-corrected chi connectivity index (χ0v) is 7.51. The quantitative estimate of drug-likeness (QED) is 0.655. The number of carbonyl (C=O) groups excluding carboxylic acids is 1. The molecule has 0 aromatic rings. The highest BCUT2D eigenvalue weighted by Gasteiger charge is 2.38. The van der Waals surface area contributed by atoms with E-state index >= 15 is 0 Å². The molecule has 14 heavy (non-hydrogen) atoms. The number of hydrogen-bond acceptors (Lipinski definition) is 3. The summed E-state index contributed by atoms with van der Waals surface area (Å²) in [5.74, 6) is -0.552. The fourth-order valence-electron chi connectivity index (χ4n) is 1.76. The molecule has 2 heterocycles. The third kappa shape index (κ3) is 1.30. The van der Waals surface area contributed by atoms with Crippen LogP contribution in [0, 0.1) is 0 Å². The molecule has 0 bridgehead atoms. The second kappa shape index (κ2) is 3.25. The van der Waals surface area contributed by atoms with Crippen molar-refractivity contribution >= 4 is 17.7 Å². The molecule has 74 valence electrons. The predicted molar refractivity (Wildman–Crippen MR) is 48.7 cm³/mol. The van der Waals surface area contributed by atoms with E-state index in [1.165, 1.54) is 4.90 Å². The van der Waals surface area contributed by atoms with Gasteiger partial charge in [-0.1, -0.05) is 6.08 Å². The zero-order chi connectivity index (χ0) is 10.1. The average molecular weight is 194 g/mol. The summed E-state index contributed by atoms with van der Waals surface area (Å²) in [4.78, 5) is 27.7. The van der Waals surface area contributed by atoms with Crippen molar-refractivity contribution in [1.29, 1.82) is 0 Å². The number of hydrogen-bond donors (Lipinski definition) is 1. The number of carboxylic acids is 1. The monoisotopic (exact) mass is 194 g/mol. The van der Waals surface area contributed by atoms with Crippen LogP contribution in [0.3, 0.4) is 0 Å². The van der Waals surface area contributed by atoms with Gasteiger partial charge in [-0.25, -0.2) is 9.79 Å². The largest absolute Gasteiger partial charge is 0.480 e. The first-order valence-corrected chi connectivity index (χ1v) is 4.46. The predicted octanol–water partition coefficient (Wildman–Crippen LogP) is 0.378. The SMILES string of the molecule is O=C(O)C1CCC2=NC=CCC(=O)N21. The molecule has 1 N–H and O–H groups in total. The molecule has 1 unspecified atom stereocenters. The first kappa shape index (κ1) is 8.93. The van der Waals surface area contributed by atoms with E-state index in [1.54, 1.807) is 12.3 Å². The van der Waals surface area contributed by atoms with Crippen molar-refractivity contribution in [3.63, 3.8) is 0 Å². The second-order valence-electron chi connectivity index (χ2n) is 3.29. The third-order valence-corrected chi connectivity index (χ3v) is 2.41. The fourth-order valence-corrected chi connectivity index (χ4v) is 1.76. The van der Waals surface area contributed by atoms with Crippen LogP contribution in [0.4, 0.5) is 0 Å². The molecule has 0 radical (unpaired) electrons. The van der Waals surface area contributed by atoms with Crippen molar-refractivity contribution in [3.05, 3.63) is 12.3 Å². The number of aliphatic carboxylic acids is 1. The number of carbonyl (C=O) groups is 2. The molecule has 1 saturated heterocycles. The van der Waals surface area contributed by atoms with Crippen LogP contribution in [-0.2, 0) is 9.59 Å². The van der Waals surface area contributed by atoms with Gasteiger partial charge in [-0.15, -0.1) is 0 Å². The van der Waals surface area contributed by atoms with Crippen LogP contribution in [0.25, 0.3) is 0 Å². The van der Waals surface area contributed by atoms with Crippen molar-refractivity contribution in [2.45, 2.75) is 25.3 Å². The van der Waals surface area contributed by atoms with Gasteiger partial charge in [-0.05, 0) is 6.42 Å². The lowest BCUT2D eigenvalue weighted by Gasteiger charge is -2.20. The average Bonchev–Trinajstić information content (AvgIpc) is 2.48. The molecule has 2 rings (SSSR count). The summed E-state index contributed by atoms with van der Waals surface area (Å²) in [5.41, 5.74) is 0. The minimum absolute atomic E-state index is 0.178. The maximum atomic E-state index is 11.5. The number of aliphatic imine (C=N–C) groups is 1. The molecule has 5 heteroatoms. The lowest BCUT2D eigenvalue weighted by molar-refractivity contribution is -0.145. The van der Waals surface area contributed by atoms with Gasteiger partial charge in [-0.2, -0.15) is 0 Å². The summed E-state index contributed by atoms with van der Waals surface area (Å²) in [6, 6.07) is -0.721. The molecule has 0 aliphatic carbocycles. The maximum Gasteiger partial charge on any atom is 0.326 e. The van der Waals surface area contributed by atoms with Crippen molar-refractivity contribution < 1.29 is 14.7 Å². The van der Waals surface area contributed by atoms with Crippen LogP contribution < -0.4 is 0 Å². The standard InChI is InChI=1S/C9H10N2O3/c12-8-2-1-5-10-7-4-3-6(9(13)14)11(7)8/h1,5-6H,2-4H2,(H,13,14). The Hall–Kier alpha value is -1.65. The van der Waals surface area contributed by atoms with Gasteiger partial charge in [0.05, 0.1) is 0 Å². The number of nitrogens with zero attached hydrogens (tertiary/aromatic N) is 2. The van der Waals surface area contributed by atoms with Crippen LogP contribution in [0.1, 0.15) is 19.3 Å². The highest BCUT2D eigenvalue weighted by Crippen LogP contribution is 2.22. The van der Waals surface area contributed by atoms with Gasteiger partial charge in [0.15, 0.2) is 0 Å². The van der Waals surface area contributed by atoms with Crippen LogP contribution in [0.5, 0.6) is 0 Å². The summed E-state index contributed by atoms with van der Waals surface area (Å²) in [6.07, 6.45) is 4.47. The molecular formula is C9H10N2O3. The van der Waals surface area contributed by atoms with Crippen LogP contribution in [0.2, 0.25) is 0 Å². The van der Waals surface area contributed by atoms with Crippen molar-refractivity contribution in [2.24, 2.45) is 4.99 Å². The van der Waals surface area contributed by atoms with Gasteiger partial charge in [0, 0.05) is 19.0 Å². The zero-order valence-electron chi connectivity index (χ0n) is 7.51. The van der Waals surface area contributed by atoms with Gasteiger partial charge in [0.25, 0.3) is 0 Å². The Morgan fingerprint density at radius 1 is 1.64 bits per heavy atom. The molecule has 5 nitrogen and oxygen atoms in total. The molecule has 1 atom stereocenters. The first-order valence-electron chi connectivity index (χ1n) is 4.46. The highest BCUT2D eigenvalue weighted by molar-refractivity contribution is 6.05. The first-order chi connectivity index (χ1) is 6.70. The summed E-state index contributed by atoms with van der Waals surface area (Å²) in [5, 5.41) is 8.89. The molecule has 0 aromatic carbocycles. The topological polar surface area (TPSA) is 70.0 Å². The number of amidine groups is 1. The second-order valence-corrected chi connectivity index (χ2v) is 3.29. The lowest BCUT2D eigenvalue weighted by atomic mass is 10.2. The molecule has 1 fully saturated rings. The van der Waals surface area contributed by atoms with Gasteiger partial charge in [-0.3, -0.25) is 9.69 Å². The fraction of sp³-hybridized carbons (Fsp3) is 0.444. The molecule has 2 aliphatic heterocycles. The Morgan fingerprint density at radius 2 is 2.43 bits per heavy atom. The normalized spacial score (nSPS) is 25.7. The van der Waals surface area contributed by atoms with E-state index in [-0.39, 0.29) is 12.3 Å². The van der Waals surface area contributed by atoms with Gasteiger partial charge in [0.1, 0.15) is 11.9 Å². The van der Waals surface area contributed by atoms with Gasteiger partial charge >= 0.3 is 5.97 Å². The Kier molecular flexibility index (Phi) is 2.07. The van der Waals surface area contributed by atoms with E-state index in [2.05, 4.69) is 4.99 Å². The third-order valence-electron chi connectivity index (χ3n) is 2.41. The Bertz CT molecular complexity index is 346. The van der Waals surface area contributed by atoms with Crippen LogP contribution >= 0.6 is 0 Å². The Morgan fingerprint density at radius 3 is 3.14 bits per heavy atom. The summed E-state index contributed by atoms with van der Waals surface area (Å²) in [7, 11) is 0. The highest BCUT2D eigenvalue weighted by atomic mass is 16.4. The molecule has 2 aliphatic rings. The molecule has 0 aromatic heterocycles. The van der Waals surface area contributed by atoms with E-state index in [1.807, 2.05) is 0 Å². The molecule has 0 spiro atoms. The smallest absolute Gasteiger partial charge is 0.326 e. The van der Waals surface area contributed by atoms with Crippen molar-refractivity contribution in [1.82, 2.24) is 4.90 Å². The number of rotatable bonds is 1. The van der Waals surface area contributed by atoms with E-state index in [0.29, 0.717) is 18.7 Å². The van der Waals surface area contributed by atoms with Crippen LogP contribution in [0.15, 0.2) is 17.3 Å². The minimum Gasteiger partial charge on any atom is -0.480 e. The Labute approximate surface area is 80.7 Å². The number of fused-ring (bicyclic) bond motifs is 1. The molecule has 0 saturated carbocycles. The molecular weight excluding hydrogens is 184 g/mol. The van der Waals surface area contributed by atoms with E-state index in [4.69, 9.17) is 5.11 Å². The van der Waals surface area contributed by atoms with E-state index in [0.717, 1.165) is 0 Å². The van der Waals surface area contributed by atoms with E-state index < -0.39 is 12.0 Å². The van der Waals surface area contributed by atoms with Crippen LogP contribution in [-0.4, -0.2) is 33.8 Å². The van der Waals surface area contributed by atoms with Gasteiger partial charge < -0.3 is 5.11 Å². The van der Waals surface area contributed by atoms with Crippen molar-refractivity contribution in [2.75, 3.05) is 0 Å².